The zero-order valence-electron chi connectivity index (χ0n) is 13.6. The van der Waals surface area contributed by atoms with E-state index in [1.54, 1.807) is 11.0 Å². The van der Waals surface area contributed by atoms with Crippen molar-refractivity contribution in [2.75, 3.05) is 13.1 Å². The molecule has 1 fully saturated rings. The number of amides is 3. The minimum absolute atomic E-state index is 0.0248. The van der Waals surface area contributed by atoms with Crippen LogP contribution < -0.4 is 10.6 Å². The molecule has 0 radical (unpaired) electrons. The smallest absolute Gasteiger partial charge is 0.317 e. The molecule has 2 N–H and O–H groups in total. The maximum Gasteiger partial charge on any atom is 0.317 e. The normalized spacial score (nSPS) is 15.6. The number of carbonyl (C=O) groups excluding carboxylic acids is 2. The summed E-state index contributed by atoms with van der Waals surface area (Å²) in [5.74, 6) is -0.0248. The van der Waals surface area contributed by atoms with Crippen molar-refractivity contribution in [3.63, 3.8) is 0 Å². The van der Waals surface area contributed by atoms with E-state index in [1.165, 1.54) is 0 Å². The molecule has 0 aromatic heterocycles. The van der Waals surface area contributed by atoms with Crippen LogP contribution in [0.3, 0.4) is 0 Å². The van der Waals surface area contributed by atoms with Crippen LogP contribution in [0.25, 0.3) is 0 Å². The molecule has 0 aliphatic carbocycles. The molecular formula is C17H24ClN3O2. The van der Waals surface area contributed by atoms with Crippen molar-refractivity contribution in [3.8, 4) is 0 Å². The van der Waals surface area contributed by atoms with Crippen molar-refractivity contribution in [3.05, 3.63) is 34.9 Å². The van der Waals surface area contributed by atoms with Crippen LogP contribution in [0.1, 0.15) is 32.3 Å². The highest BCUT2D eigenvalue weighted by molar-refractivity contribution is 6.31. The van der Waals surface area contributed by atoms with Crippen molar-refractivity contribution in [1.82, 2.24) is 15.5 Å². The van der Waals surface area contributed by atoms with Crippen molar-refractivity contribution < 1.29 is 9.59 Å². The van der Waals surface area contributed by atoms with Gasteiger partial charge in [0.1, 0.15) is 0 Å². The molecule has 23 heavy (non-hydrogen) atoms. The zero-order valence-corrected chi connectivity index (χ0v) is 14.4. The summed E-state index contributed by atoms with van der Waals surface area (Å²) in [5.41, 5.74) is 0.834. The fourth-order valence-electron chi connectivity index (χ4n) is 2.66. The van der Waals surface area contributed by atoms with Gasteiger partial charge in [-0.05, 0) is 38.3 Å². The minimum Gasteiger partial charge on any atom is -0.353 e. The Morgan fingerprint density at radius 3 is 2.52 bits per heavy atom. The maximum atomic E-state index is 12.1. The third-order valence-corrected chi connectivity index (χ3v) is 4.24. The van der Waals surface area contributed by atoms with Gasteiger partial charge in [-0.15, -0.1) is 0 Å². The molecule has 0 saturated carbocycles. The van der Waals surface area contributed by atoms with Gasteiger partial charge >= 0.3 is 6.03 Å². The van der Waals surface area contributed by atoms with E-state index in [0.29, 0.717) is 18.1 Å². The molecule has 3 amide bonds. The summed E-state index contributed by atoms with van der Waals surface area (Å²) < 4.78 is 0. The van der Waals surface area contributed by atoms with Crippen LogP contribution in [-0.2, 0) is 11.2 Å². The summed E-state index contributed by atoms with van der Waals surface area (Å²) in [6, 6.07) is 7.60. The SMILES string of the molecule is CC(C)NC(=O)N1CCC(NC(=O)Cc2ccccc2Cl)CC1. The first-order chi connectivity index (χ1) is 11.0. The maximum absolute atomic E-state index is 12.1. The number of hydrogen-bond donors (Lipinski definition) is 2. The second-order valence-electron chi connectivity index (χ2n) is 6.20. The predicted molar refractivity (Wildman–Crippen MR) is 91.6 cm³/mol. The van der Waals surface area contributed by atoms with E-state index in [2.05, 4.69) is 10.6 Å². The summed E-state index contributed by atoms with van der Waals surface area (Å²) in [5, 5.41) is 6.54. The lowest BCUT2D eigenvalue weighted by Crippen LogP contribution is -2.50. The Bertz CT molecular complexity index is 555. The van der Waals surface area contributed by atoms with Crippen LogP contribution in [0, 0.1) is 0 Å². The van der Waals surface area contributed by atoms with E-state index in [9.17, 15) is 9.59 Å². The van der Waals surface area contributed by atoms with E-state index < -0.39 is 0 Å². The third kappa shape index (κ3) is 5.43. The van der Waals surface area contributed by atoms with E-state index in [-0.39, 0.29) is 30.4 Å². The Labute approximate surface area is 142 Å². The molecule has 0 bridgehead atoms. The van der Waals surface area contributed by atoms with E-state index in [0.717, 1.165) is 18.4 Å². The quantitative estimate of drug-likeness (QED) is 0.887. The molecule has 5 nitrogen and oxygen atoms in total. The Morgan fingerprint density at radius 2 is 1.91 bits per heavy atom. The molecule has 1 aromatic carbocycles. The second kappa shape index (κ2) is 8.20. The topological polar surface area (TPSA) is 61.4 Å². The van der Waals surface area contributed by atoms with Gasteiger partial charge in [-0.3, -0.25) is 4.79 Å². The van der Waals surface area contributed by atoms with Crippen LogP contribution >= 0.6 is 11.6 Å². The van der Waals surface area contributed by atoms with Gasteiger partial charge in [0.2, 0.25) is 5.91 Å². The Balaban J connectivity index is 1.77. The number of rotatable bonds is 4. The first kappa shape index (κ1) is 17.6. The lowest BCUT2D eigenvalue weighted by atomic mass is 10.0. The number of piperidine rings is 1. The molecule has 1 aliphatic rings. The van der Waals surface area contributed by atoms with Gasteiger partial charge in [-0.25, -0.2) is 4.79 Å². The highest BCUT2D eigenvalue weighted by atomic mass is 35.5. The van der Waals surface area contributed by atoms with Crippen molar-refractivity contribution in [2.45, 2.75) is 45.2 Å². The molecule has 1 aliphatic heterocycles. The molecule has 0 spiro atoms. The molecule has 0 atom stereocenters. The number of nitrogens with zero attached hydrogens (tertiary/aromatic N) is 1. The Kier molecular flexibility index (Phi) is 6.28. The second-order valence-corrected chi connectivity index (χ2v) is 6.61. The lowest BCUT2D eigenvalue weighted by molar-refractivity contribution is -0.121. The Morgan fingerprint density at radius 1 is 1.26 bits per heavy atom. The average Bonchev–Trinajstić information content (AvgIpc) is 2.49. The van der Waals surface area contributed by atoms with Crippen molar-refractivity contribution in [2.24, 2.45) is 0 Å². The van der Waals surface area contributed by atoms with Crippen LogP contribution in [0.5, 0.6) is 0 Å². The molecule has 1 saturated heterocycles. The number of nitrogens with one attached hydrogen (secondary N) is 2. The summed E-state index contributed by atoms with van der Waals surface area (Å²) >= 11 is 6.08. The van der Waals surface area contributed by atoms with Gasteiger partial charge in [-0.2, -0.15) is 0 Å². The third-order valence-electron chi connectivity index (χ3n) is 3.87. The monoisotopic (exact) mass is 337 g/mol. The van der Waals surface area contributed by atoms with Crippen molar-refractivity contribution >= 4 is 23.5 Å². The molecule has 1 heterocycles. The fraction of sp³-hybridized carbons (Fsp3) is 0.529. The van der Waals surface area contributed by atoms with Crippen LogP contribution in [0.4, 0.5) is 4.79 Å². The van der Waals surface area contributed by atoms with Gasteiger partial charge in [-0.1, -0.05) is 29.8 Å². The van der Waals surface area contributed by atoms with Crippen molar-refractivity contribution in [1.29, 1.82) is 0 Å². The van der Waals surface area contributed by atoms with E-state index >= 15 is 0 Å². The average molecular weight is 338 g/mol. The van der Waals surface area contributed by atoms with Crippen LogP contribution in [0.2, 0.25) is 5.02 Å². The van der Waals surface area contributed by atoms with Gasteiger partial charge < -0.3 is 15.5 Å². The number of urea groups is 1. The number of benzene rings is 1. The highest BCUT2D eigenvalue weighted by Crippen LogP contribution is 2.16. The predicted octanol–water partition coefficient (Wildman–Crippen LogP) is 2.58. The number of hydrogen-bond acceptors (Lipinski definition) is 2. The van der Waals surface area contributed by atoms with Gasteiger partial charge in [0.25, 0.3) is 0 Å². The zero-order chi connectivity index (χ0) is 16.8. The summed E-state index contributed by atoms with van der Waals surface area (Å²) in [4.78, 5) is 25.9. The summed E-state index contributed by atoms with van der Waals surface area (Å²) in [6.07, 6.45) is 1.84. The van der Waals surface area contributed by atoms with Crippen LogP contribution in [-0.4, -0.2) is 42.0 Å². The standard InChI is InChI=1S/C17H24ClN3O2/c1-12(2)19-17(23)21-9-7-14(8-10-21)20-16(22)11-13-5-3-4-6-15(13)18/h3-6,12,14H,7-11H2,1-2H3,(H,19,23)(H,20,22). The van der Waals surface area contributed by atoms with E-state index in [1.807, 2.05) is 32.0 Å². The summed E-state index contributed by atoms with van der Waals surface area (Å²) in [6.45, 7) is 5.21. The fourth-order valence-corrected chi connectivity index (χ4v) is 2.86. The molecule has 1 aromatic rings. The molecule has 6 heteroatoms. The molecule has 126 valence electrons. The van der Waals surface area contributed by atoms with Gasteiger partial charge in [0.15, 0.2) is 0 Å². The van der Waals surface area contributed by atoms with E-state index in [4.69, 9.17) is 11.6 Å². The number of likely N-dealkylation sites (tertiary alicyclic amines) is 1. The first-order valence-electron chi connectivity index (χ1n) is 8.04. The minimum atomic E-state index is -0.0270. The lowest BCUT2D eigenvalue weighted by Gasteiger charge is -2.33. The first-order valence-corrected chi connectivity index (χ1v) is 8.41. The number of halogens is 1. The Hall–Kier alpha value is -1.75. The summed E-state index contributed by atoms with van der Waals surface area (Å²) in [7, 11) is 0. The largest absolute Gasteiger partial charge is 0.353 e. The molecule has 0 unspecified atom stereocenters. The number of carbonyl (C=O) groups is 2. The molecule has 2 rings (SSSR count). The highest BCUT2D eigenvalue weighted by Gasteiger charge is 2.24. The molecular weight excluding hydrogens is 314 g/mol. The van der Waals surface area contributed by atoms with Crippen LogP contribution in [0.15, 0.2) is 24.3 Å². The van der Waals surface area contributed by atoms with Gasteiger partial charge in [0, 0.05) is 30.2 Å². The van der Waals surface area contributed by atoms with Gasteiger partial charge in [0.05, 0.1) is 6.42 Å².